The van der Waals surface area contributed by atoms with Crippen molar-refractivity contribution in [2.24, 2.45) is 13.0 Å². The van der Waals surface area contributed by atoms with Crippen LogP contribution in [0.4, 0.5) is 0 Å². The minimum Gasteiger partial charge on any atom is -0.328 e. The minimum absolute atomic E-state index is 0.399. The zero-order valence-corrected chi connectivity index (χ0v) is 14.0. The number of H-pyrrole nitrogens is 1. The Bertz CT molecular complexity index is 630. The van der Waals surface area contributed by atoms with E-state index in [4.69, 9.17) is 12.2 Å². The Labute approximate surface area is 126 Å². The lowest BCUT2D eigenvalue weighted by atomic mass is 9.95. The fourth-order valence-electron chi connectivity index (χ4n) is 3.21. The predicted octanol–water partition coefficient (Wildman–Crippen LogP) is 4.38. The fourth-order valence-corrected chi connectivity index (χ4v) is 3.56. The van der Waals surface area contributed by atoms with Gasteiger partial charge in [-0.15, -0.1) is 0 Å². The van der Waals surface area contributed by atoms with Gasteiger partial charge in [-0.2, -0.15) is 5.10 Å². The predicted molar refractivity (Wildman–Crippen MR) is 86.7 cm³/mol. The van der Waals surface area contributed by atoms with Crippen molar-refractivity contribution >= 4 is 23.4 Å². The molecule has 0 aromatic carbocycles. The number of hydrogen-bond acceptors (Lipinski definition) is 2. The molecule has 5 heteroatoms. The first kappa shape index (κ1) is 15.3. The van der Waals surface area contributed by atoms with Gasteiger partial charge in [0.05, 0.1) is 5.69 Å². The SMILES string of the molecule is CCCc1nn(C)c2c1[nH]c(=S)n2C(C)C(CC)CC. The van der Waals surface area contributed by atoms with Crippen LogP contribution in [0.2, 0.25) is 0 Å². The Kier molecular flexibility index (Phi) is 4.68. The molecule has 0 saturated carbocycles. The maximum Gasteiger partial charge on any atom is 0.179 e. The standard InChI is InChI=1S/C15H26N4S/c1-6-9-12-13-14(18(5)17-12)19(15(20)16-13)10(4)11(7-2)8-3/h10-11H,6-9H2,1-5H3,(H,16,20). The highest BCUT2D eigenvalue weighted by molar-refractivity contribution is 7.71. The van der Waals surface area contributed by atoms with Crippen molar-refractivity contribution in [2.45, 2.75) is 59.4 Å². The number of nitrogens with zero attached hydrogens (tertiary/aromatic N) is 3. The van der Waals surface area contributed by atoms with Crippen molar-refractivity contribution in [1.82, 2.24) is 19.3 Å². The van der Waals surface area contributed by atoms with Crippen LogP contribution >= 0.6 is 12.2 Å². The van der Waals surface area contributed by atoms with Gasteiger partial charge in [0.15, 0.2) is 10.4 Å². The number of aromatic amines is 1. The van der Waals surface area contributed by atoms with Crippen molar-refractivity contribution in [1.29, 1.82) is 0 Å². The van der Waals surface area contributed by atoms with E-state index < -0.39 is 0 Å². The van der Waals surface area contributed by atoms with Crippen LogP contribution in [0.1, 0.15) is 58.7 Å². The first-order valence-electron chi connectivity index (χ1n) is 7.71. The van der Waals surface area contributed by atoms with Gasteiger partial charge in [0.2, 0.25) is 0 Å². The first-order valence-corrected chi connectivity index (χ1v) is 8.11. The number of fused-ring (bicyclic) bond motifs is 1. The maximum atomic E-state index is 5.57. The Morgan fingerprint density at radius 1 is 1.25 bits per heavy atom. The minimum atomic E-state index is 0.399. The molecular weight excluding hydrogens is 268 g/mol. The van der Waals surface area contributed by atoms with E-state index in [1.54, 1.807) is 0 Å². The summed E-state index contributed by atoms with van der Waals surface area (Å²) in [5.41, 5.74) is 3.39. The van der Waals surface area contributed by atoms with E-state index in [1.165, 1.54) is 12.8 Å². The molecule has 0 amide bonds. The Balaban J connectivity index is 2.59. The zero-order valence-electron chi connectivity index (χ0n) is 13.2. The van der Waals surface area contributed by atoms with Gasteiger partial charge in [0.25, 0.3) is 0 Å². The molecular formula is C15H26N4S. The third kappa shape index (κ3) is 2.43. The molecule has 1 atom stereocenters. The van der Waals surface area contributed by atoms with E-state index in [2.05, 4.69) is 42.3 Å². The topological polar surface area (TPSA) is 38.5 Å². The van der Waals surface area contributed by atoms with Crippen molar-refractivity contribution < 1.29 is 0 Å². The number of imidazole rings is 1. The highest BCUT2D eigenvalue weighted by atomic mass is 32.1. The van der Waals surface area contributed by atoms with Gasteiger partial charge in [-0.1, -0.05) is 40.0 Å². The Morgan fingerprint density at radius 3 is 2.45 bits per heavy atom. The average Bonchev–Trinajstić information content (AvgIpc) is 2.89. The van der Waals surface area contributed by atoms with Crippen molar-refractivity contribution in [3.05, 3.63) is 10.5 Å². The van der Waals surface area contributed by atoms with E-state index in [1.807, 2.05) is 11.7 Å². The van der Waals surface area contributed by atoms with E-state index in [9.17, 15) is 0 Å². The molecule has 0 aliphatic carbocycles. The van der Waals surface area contributed by atoms with E-state index >= 15 is 0 Å². The van der Waals surface area contributed by atoms with E-state index in [0.29, 0.717) is 12.0 Å². The lowest BCUT2D eigenvalue weighted by molar-refractivity contribution is 0.334. The van der Waals surface area contributed by atoms with Crippen molar-refractivity contribution in [3.8, 4) is 0 Å². The normalized spacial score (nSPS) is 13.5. The summed E-state index contributed by atoms with van der Waals surface area (Å²) in [6, 6.07) is 0.399. The summed E-state index contributed by atoms with van der Waals surface area (Å²) in [5, 5.41) is 4.65. The number of aryl methyl sites for hydroxylation is 2. The van der Waals surface area contributed by atoms with E-state index in [0.717, 1.165) is 34.5 Å². The van der Waals surface area contributed by atoms with Gasteiger partial charge >= 0.3 is 0 Å². The van der Waals surface area contributed by atoms with Gasteiger partial charge in [-0.25, -0.2) is 0 Å². The largest absolute Gasteiger partial charge is 0.328 e. The molecule has 2 heterocycles. The van der Waals surface area contributed by atoms with Crippen LogP contribution in [0.15, 0.2) is 0 Å². The summed E-state index contributed by atoms with van der Waals surface area (Å²) >= 11 is 5.57. The number of hydrogen-bond donors (Lipinski definition) is 1. The van der Waals surface area contributed by atoms with Crippen LogP contribution in [0.3, 0.4) is 0 Å². The molecule has 2 rings (SSSR count). The summed E-state index contributed by atoms with van der Waals surface area (Å²) in [7, 11) is 2.01. The lowest BCUT2D eigenvalue weighted by Gasteiger charge is -2.23. The highest BCUT2D eigenvalue weighted by Gasteiger charge is 2.22. The Hall–Kier alpha value is -1.10. The summed E-state index contributed by atoms with van der Waals surface area (Å²) in [4.78, 5) is 3.38. The van der Waals surface area contributed by atoms with Crippen LogP contribution in [-0.4, -0.2) is 19.3 Å². The van der Waals surface area contributed by atoms with Crippen LogP contribution in [0.25, 0.3) is 11.2 Å². The molecule has 0 radical (unpaired) electrons. The second-order valence-corrected chi connectivity index (χ2v) is 6.02. The summed E-state index contributed by atoms with van der Waals surface area (Å²) in [5.74, 6) is 0.644. The summed E-state index contributed by atoms with van der Waals surface area (Å²) in [6.07, 6.45) is 4.43. The smallest absolute Gasteiger partial charge is 0.179 e. The third-order valence-corrected chi connectivity index (χ3v) is 4.69. The molecule has 1 unspecified atom stereocenters. The fraction of sp³-hybridized carbons (Fsp3) is 0.733. The van der Waals surface area contributed by atoms with Gasteiger partial charge in [0, 0.05) is 13.1 Å². The molecule has 0 fully saturated rings. The second-order valence-electron chi connectivity index (χ2n) is 5.64. The van der Waals surface area contributed by atoms with Crippen molar-refractivity contribution in [3.63, 3.8) is 0 Å². The van der Waals surface area contributed by atoms with Gasteiger partial charge in [0.1, 0.15) is 5.52 Å². The Morgan fingerprint density at radius 2 is 1.90 bits per heavy atom. The molecule has 20 heavy (non-hydrogen) atoms. The van der Waals surface area contributed by atoms with Crippen LogP contribution in [-0.2, 0) is 13.5 Å². The molecule has 0 saturated heterocycles. The number of rotatable bonds is 6. The van der Waals surface area contributed by atoms with Gasteiger partial charge in [-0.05, 0) is 31.5 Å². The monoisotopic (exact) mass is 294 g/mol. The first-order chi connectivity index (χ1) is 9.54. The molecule has 0 spiro atoms. The van der Waals surface area contributed by atoms with Crippen LogP contribution in [0, 0.1) is 10.7 Å². The van der Waals surface area contributed by atoms with Crippen LogP contribution < -0.4 is 0 Å². The molecule has 2 aromatic heterocycles. The van der Waals surface area contributed by atoms with Gasteiger partial charge in [-0.3, -0.25) is 9.25 Å². The van der Waals surface area contributed by atoms with Crippen LogP contribution in [0.5, 0.6) is 0 Å². The third-order valence-electron chi connectivity index (χ3n) is 4.39. The van der Waals surface area contributed by atoms with E-state index in [-0.39, 0.29) is 0 Å². The molecule has 0 aliphatic rings. The summed E-state index contributed by atoms with van der Waals surface area (Å²) in [6.45, 7) is 8.96. The maximum absolute atomic E-state index is 5.57. The molecule has 1 N–H and O–H groups in total. The lowest BCUT2D eigenvalue weighted by Crippen LogP contribution is -2.17. The second kappa shape index (κ2) is 6.12. The van der Waals surface area contributed by atoms with Gasteiger partial charge < -0.3 is 4.98 Å². The molecule has 2 aromatic rings. The molecule has 0 aliphatic heterocycles. The quantitative estimate of drug-likeness (QED) is 0.803. The number of aromatic nitrogens is 4. The molecule has 4 nitrogen and oxygen atoms in total. The van der Waals surface area contributed by atoms with Crippen molar-refractivity contribution in [2.75, 3.05) is 0 Å². The summed E-state index contributed by atoms with van der Waals surface area (Å²) < 4.78 is 5.06. The highest BCUT2D eigenvalue weighted by Crippen LogP contribution is 2.29. The molecule has 112 valence electrons. The zero-order chi connectivity index (χ0) is 14.9. The molecule has 0 bridgehead atoms. The average molecular weight is 294 g/mol. The number of nitrogens with one attached hydrogen (secondary N) is 1.